The van der Waals surface area contributed by atoms with Crippen LogP contribution in [0.15, 0.2) is 18.2 Å². The summed E-state index contributed by atoms with van der Waals surface area (Å²) in [6.07, 6.45) is 1.09. The number of hydrogen-bond donors (Lipinski definition) is 2. The molecule has 0 bridgehead atoms. The quantitative estimate of drug-likeness (QED) is 0.799. The summed E-state index contributed by atoms with van der Waals surface area (Å²) in [6, 6.07) is 5.43. The number of nitrogens with two attached hydrogens (primary N) is 1. The molecule has 0 saturated carbocycles. The van der Waals surface area contributed by atoms with Crippen molar-refractivity contribution in [1.82, 2.24) is 5.32 Å². The number of nitrogens with one attached hydrogen (secondary N) is 1. The van der Waals surface area contributed by atoms with Gasteiger partial charge in [-0.3, -0.25) is 4.79 Å². The zero-order chi connectivity index (χ0) is 14.6. The van der Waals surface area contributed by atoms with Crippen LogP contribution in [0.5, 0.6) is 0 Å². The molecule has 1 rings (SSSR count). The minimum Gasteiger partial charge on any atom is -0.399 e. The highest BCUT2D eigenvalue weighted by Crippen LogP contribution is 2.24. The number of anilines is 1. The van der Waals surface area contributed by atoms with Crippen LogP contribution in [0.25, 0.3) is 0 Å². The molecule has 3 heteroatoms. The molecular formula is C16H26N2O. The van der Waals surface area contributed by atoms with E-state index in [4.69, 9.17) is 5.73 Å². The Kier molecular flexibility index (Phi) is 4.98. The van der Waals surface area contributed by atoms with Crippen LogP contribution in [0.4, 0.5) is 5.69 Å². The molecule has 0 aliphatic rings. The molecule has 0 aliphatic heterocycles. The van der Waals surface area contributed by atoms with Gasteiger partial charge in [0, 0.05) is 17.8 Å². The molecule has 106 valence electrons. The smallest absolute Gasteiger partial charge is 0.251 e. The van der Waals surface area contributed by atoms with E-state index in [0.717, 1.165) is 12.0 Å². The molecule has 0 saturated heterocycles. The van der Waals surface area contributed by atoms with Gasteiger partial charge in [0.05, 0.1) is 0 Å². The van der Waals surface area contributed by atoms with Crippen molar-refractivity contribution in [1.29, 1.82) is 0 Å². The van der Waals surface area contributed by atoms with Crippen molar-refractivity contribution in [3.05, 3.63) is 29.3 Å². The van der Waals surface area contributed by atoms with Gasteiger partial charge in [0.25, 0.3) is 5.91 Å². The van der Waals surface area contributed by atoms with E-state index in [2.05, 4.69) is 33.0 Å². The number of carbonyl (C=O) groups is 1. The molecule has 0 spiro atoms. The first-order chi connectivity index (χ1) is 8.71. The molecule has 0 radical (unpaired) electrons. The molecule has 1 amide bonds. The van der Waals surface area contributed by atoms with Crippen molar-refractivity contribution in [3.8, 4) is 0 Å². The van der Waals surface area contributed by atoms with Gasteiger partial charge in [-0.1, -0.05) is 33.8 Å². The number of rotatable bonds is 5. The number of carbonyl (C=O) groups excluding carboxylic acids is 1. The molecule has 0 heterocycles. The fraction of sp³-hybridized carbons (Fsp3) is 0.562. The Hall–Kier alpha value is -1.51. The minimum atomic E-state index is -0.0402. The van der Waals surface area contributed by atoms with Gasteiger partial charge in [-0.15, -0.1) is 0 Å². The number of hydrogen-bond acceptors (Lipinski definition) is 2. The van der Waals surface area contributed by atoms with E-state index in [1.165, 1.54) is 0 Å². The predicted molar refractivity (Wildman–Crippen MR) is 81.2 cm³/mol. The minimum absolute atomic E-state index is 0.0402. The van der Waals surface area contributed by atoms with Crippen LogP contribution in [-0.4, -0.2) is 12.5 Å². The number of nitrogen functional groups attached to an aromatic ring is 1. The Morgan fingerprint density at radius 2 is 2.00 bits per heavy atom. The monoisotopic (exact) mass is 262 g/mol. The maximum atomic E-state index is 12.2. The molecule has 0 atom stereocenters. The fourth-order valence-corrected chi connectivity index (χ4v) is 2.48. The lowest BCUT2D eigenvalue weighted by molar-refractivity contribution is 0.0931. The summed E-state index contributed by atoms with van der Waals surface area (Å²) in [5.74, 6) is 0.586. The van der Waals surface area contributed by atoms with Gasteiger partial charge in [0.15, 0.2) is 0 Å². The summed E-state index contributed by atoms with van der Waals surface area (Å²) in [4.78, 5) is 12.2. The third kappa shape index (κ3) is 4.93. The van der Waals surface area contributed by atoms with Crippen LogP contribution in [0.2, 0.25) is 0 Å². The Bertz CT molecular complexity index is 450. The highest BCUT2D eigenvalue weighted by atomic mass is 16.1. The van der Waals surface area contributed by atoms with Gasteiger partial charge in [-0.2, -0.15) is 0 Å². The van der Waals surface area contributed by atoms with Gasteiger partial charge in [-0.05, 0) is 42.4 Å². The largest absolute Gasteiger partial charge is 0.399 e. The van der Waals surface area contributed by atoms with Gasteiger partial charge in [0.2, 0.25) is 0 Å². The van der Waals surface area contributed by atoms with Gasteiger partial charge in [0.1, 0.15) is 0 Å². The third-order valence-electron chi connectivity index (χ3n) is 3.19. The van der Waals surface area contributed by atoms with Crippen molar-refractivity contribution in [2.24, 2.45) is 11.3 Å². The Balaban J connectivity index is 2.68. The molecule has 3 nitrogen and oxygen atoms in total. The summed E-state index contributed by atoms with van der Waals surface area (Å²) in [7, 11) is 0. The van der Waals surface area contributed by atoms with Crippen molar-refractivity contribution in [2.75, 3.05) is 12.3 Å². The molecule has 0 aromatic heterocycles. The molecule has 19 heavy (non-hydrogen) atoms. The summed E-state index contributed by atoms with van der Waals surface area (Å²) in [5, 5.41) is 3.02. The number of benzene rings is 1. The van der Waals surface area contributed by atoms with Crippen molar-refractivity contribution >= 4 is 11.6 Å². The Labute approximate surface area is 116 Å². The zero-order valence-corrected chi connectivity index (χ0v) is 12.7. The Morgan fingerprint density at radius 1 is 1.37 bits per heavy atom. The van der Waals surface area contributed by atoms with E-state index in [1.54, 1.807) is 6.07 Å². The van der Waals surface area contributed by atoms with Crippen LogP contribution in [0.1, 0.15) is 50.0 Å². The predicted octanol–water partition coefficient (Wildman–Crippen LogP) is 3.38. The van der Waals surface area contributed by atoms with E-state index in [9.17, 15) is 4.79 Å². The second-order valence-electron chi connectivity index (χ2n) is 6.52. The SMILES string of the molecule is Cc1ccc(N)cc1C(=O)NCC(C)(C)CC(C)C. The topological polar surface area (TPSA) is 55.1 Å². The van der Waals surface area contributed by atoms with E-state index in [0.29, 0.717) is 23.7 Å². The zero-order valence-electron chi connectivity index (χ0n) is 12.7. The van der Waals surface area contributed by atoms with Gasteiger partial charge in [-0.25, -0.2) is 0 Å². The Morgan fingerprint density at radius 3 is 2.58 bits per heavy atom. The van der Waals surface area contributed by atoms with Crippen molar-refractivity contribution < 1.29 is 4.79 Å². The first kappa shape index (κ1) is 15.5. The van der Waals surface area contributed by atoms with E-state index < -0.39 is 0 Å². The van der Waals surface area contributed by atoms with Crippen LogP contribution < -0.4 is 11.1 Å². The van der Waals surface area contributed by atoms with Crippen LogP contribution in [0.3, 0.4) is 0 Å². The summed E-state index contributed by atoms with van der Waals surface area (Å²) < 4.78 is 0. The molecule has 0 aliphatic carbocycles. The lowest BCUT2D eigenvalue weighted by Crippen LogP contribution is -2.35. The molecule has 1 aromatic rings. The molecule has 0 fully saturated rings. The van der Waals surface area contributed by atoms with Crippen molar-refractivity contribution in [3.63, 3.8) is 0 Å². The van der Waals surface area contributed by atoms with Crippen LogP contribution in [-0.2, 0) is 0 Å². The molecule has 1 aromatic carbocycles. The summed E-state index contributed by atoms with van der Waals surface area (Å²) in [5.41, 5.74) is 8.08. The van der Waals surface area contributed by atoms with Crippen LogP contribution >= 0.6 is 0 Å². The maximum absolute atomic E-state index is 12.2. The second-order valence-corrected chi connectivity index (χ2v) is 6.52. The standard InChI is InChI=1S/C16H26N2O/c1-11(2)9-16(4,5)10-18-15(19)14-8-13(17)7-6-12(14)3/h6-8,11H,9-10,17H2,1-5H3,(H,18,19). The average Bonchev–Trinajstić information content (AvgIpc) is 2.27. The fourth-order valence-electron chi connectivity index (χ4n) is 2.48. The van der Waals surface area contributed by atoms with Crippen molar-refractivity contribution in [2.45, 2.75) is 41.0 Å². The maximum Gasteiger partial charge on any atom is 0.251 e. The van der Waals surface area contributed by atoms with E-state index in [1.807, 2.05) is 19.1 Å². The first-order valence-corrected chi connectivity index (χ1v) is 6.85. The van der Waals surface area contributed by atoms with Crippen LogP contribution in [0, 0.1) is 18.3 Å². The lowest BCUT2D eigenvalue weighted by Gasteiger charge is -2.27. The molecule has 0 unspecified atom stereocenters. The van der Waals surface area contributed by atoms with Gasteiger partial charge < -0.3 is 11.1 Å². The third-order valence-corrected chi connectivity index (χ3v) is 3.19. The second kappa shape index (κ2) is 6.09. The number of aryl methyl sites for hydroxylation is 1. The first-order valence-electron chi connectivity index (χ1n) is 6.85. The molecular weight excluding hydrogens is 236 g/mol. The summed E-state index contributed by atoms with van der Waals surface area (Å²) in [6.45, 7) is 11.4. The van der Waals surface area contributed by atoms with E-state index in [-0.39, 0.29) is 11.3 Å². The highest BCUT2D eigenvalue weighted by molar-refractivity contribution is 5.96. The lowest BCUT2D eigenvalue weighted by atomic mass is 9.84. The normalized spacial score (nSPS) is 11.7. The molecule has 3 N–H and O–H groups in total. The average molecular weight is 262 g/mol. The highest BCUT2D eigenvalue weighted by Gasteiger charge is 2.21. The van der Waals surface area contributed by atoms with Gasteiger partial charge >= 0.3 is 0 Å². The van der Waals surface area contributed by atoms with E-state index >= 15 is 0 Å². The number of amides is 1. The summed E-state index contributed by atoms with van der Waals surface area (Å²) >= 11 is 0.